The quantitative estimate of drug-likeness (QED) is 0.731. The lowest BCUT2D eigenvalue weighted by Gasteiger charge is -2.11. The van der Waals surface area contributed by atoms with Crippen molar-refractivity contribution in [2.24, 2.45) is 0 Å². The first-order valence-electron chi connectivity index (χ1n) is 8.16. The summed E-state index contributed by atoms with van der Waals surface area (Å²) in [6, 6.07) is 8.28. The maximum absolute atomic E-state index is 12.4. The molecule has 0 aromatic carbocycles. The summed E-state index contributed by atoms with van der Waals surface area (Å²) in [5, 5.41) is 7.10. The number of carbonyl (C=O) groups excluding carboxylic acids is 1. The van der Waals surface area contributed by atoms with Crippen LogP contribution < -0.4 is 5.32 Å². The van der Waals surface area contributed by atoms with Crippen LogP contribution in [-0.2, 0) is 16.4 Å². The fraction of sp³-hybridized carbons (Fsp3) is 0.294. The molecule has 1 amide bonds. The van der Waals surface area contributed by atoms with Crippen LogP contribution in [0.5, 0.6) is 0 Å². The Morgan fingerprint density at radius 2 is 2.08 bits per heavy atom. The third kappa shape index (κ3) is 3.30. The summed E-state index contributed by atoms with van der Waals surface area (Å²) >= 11 is 0. The van der Waals surface area contributed by atoms with Crippen LogP contribution in [0, 0.1) is 0 Å². The van der Waals surface area contributed by atoms with Gasteiger partial charge in [-0.15, -0.1) is 0 Å². The van der Waals surface area contributed by atoms with Crippen LogP contribution in [0.1, 0.15) is 28.7 Å². The van der Waals surface area contributed by atoms with Crippen molar-refractivity contribution in [2.75, 3.05) is 11.5 Å². The molecule has 1 aliphatic heterocycles. The van der Waals surface area contributed by atoms with Gasteiger partial charge in [-0.05, 0) is 30.7 Å². The Hall–Kier alpha value is -2.81. The molecule has 0 saturated carbocycles. The third-order valence-corrected chi connectivity index (χ3v) is 6.05. The van der Waals surface area contributed by atoms with Crippen LogP contribution in [0.2, 0.25) is 0 Å². The van der Waals surface area contributed by atoms with Crippen LogP contribution in [0.15, 0.2) is 51.7 Å². The Balaban J connectivity index is 1.62. The zero-order chi connectivity index (χ0) is 18.1. The number of sulfone groups is 1. The highest BCUT2D eigenvalue weighted by molar-refractivity contribution is 7.91. The number of furan rings is 2. The predicted octanol–water partition coefficient (Wildman–Crippen LogP) is 2.03. The smallest absolute Gasteiger partial charge is 0.272 e. The molecule has 0 radical (unpaired) electrons. The van der Waals surface area contributed by atoms with Gasteiger partial charge in [0.15, 0.2) is 21.3 Å². The second-order valence-corrected chi connectivity index (χ2v) is 8.38. The first-order chi connectivity index (χ1) is 12.5. The van der Waals surface area contributed by atoms with E-state index in [4.69, 9.17) is 8.83 Å². The number of carbonyl (C=O) groups is 1. The van der Waals surface area contributed by atoms with E-state index >= 15 is 0 Å². The van der Waals surface area contributed by atoms with E-state index in [2.05, 4.69) is 10.4 Å². The van der Waals surface area contributed by atoms with Crippen LogP contribution in [0.3, 0.4) is 0 Å². The van der Waals surface area contributed by atoms with Gasteiger partial charge in [0.05, 0.1) is 36.6 Å². The number of nitrogens with zero attached hydrogens (tertiary/aromatic N) is 2. The lowest BCUT2D eigenvalue weighted by atomic mass is 10.2. The van der Waals surface area contributed by atoms with Crippen molar-refractivity contribution in [3.8, 4) is 11.5 Å². The molecule has 0 spiro atoms. The molecule has 1 N–H and O–H groups in total. The largest absolute Gasteiger partial charge is 0.467 e. The molecular weight excluding hydrogens is 358 g/mol. The molecule has 0 bridgehead atoms. The molecule has 1 atom stereocenters. The minimum atomic E-state index is -3.08. The Kier molecular flexibility index (Phi) is 4.15. The number of amides is 1. The van der Waals surface area contributed by atoms with E-state index in [0.717, 1.165) is 0 Å². The summed E-state index contributed by atoms with van der Waals surface area (Å²) < 4.78 is 35.9. The molecular formula is C17H17N3O5S. The van der Waals surface area contributed by atoms with E-state index in [1.165, 1.54) is 12.5 Å². The second kappa shape index (κ2) is 6.49. The van der Waals surface area contributed by atoms with Gasteiger partial charge in [-0.3, -0.25) is 9.48 Å². The van der Waals surface area contributed by atoms with Crippen LogP contribution in [-0.4, -0.2) is 35.6 Å². The van der Waals surface area contributed by atoms with E-state index < -0.39 is 9.84 Å². The molecule has 1 fully saturated rings. The van der Waals surface area contributed by atoms with E-state index in [9.17, 15) is 13.2 Å². The Bertz CT molecular complexity index is 1000. The standard InChI is InChI=1S/C17H17N3O5S/c21-17(18-10-13-3-1-6-24-13)14-9-15(16-4-2-7-25-16)20(19-14)12-5-8-26(22,23)11-12/h1-4,6-7,9,12H,5,8,10-11H2,(H,18,21). The molecule has 4 rings (SSSR count). The van der Waals surface area contributed by atoms with Gasteiger partial charge in [0.25, 0.3) is 5.91 Å². The minimum Gasteiger partial charge on any atom is -0.467 e. The van der Waals surface area contributed by atoms with Crippen molar-refractivity contribution in [3.05, 3.63) is 54.3 Å². The van der Waals surface area contributed by atoms with Crippen LogP contribution in [0.25, 0.3) is 11.5 Å². The van der Waals surface area contributed by atoms with Crippen molar-refractivity contribution in [2.45, 2.75) is 19.0 Å². The summed E-state index contributed by atoms with van der Waals surface area (Å²) in [5.74, 6) is 0.928. The molecule has 0 aliphatic carbocycles. The zero-order valence-corrected chi connectivity index (χ0v) is 14.6. The molecule has 9 heteroatoms. The maximum atomic E-state index is 12.4. The van der Waals surface area contributed by atoms with Gasteiger partial charge in [0.2, 0.25) is 0 Å². The highest BCUT2D eigenvalue weighted by atomic mass is 32.2. The molecule has 3 aromatic rings. The number of nitrogens with one attached hydrogen (secondary N) is 1. The highest BCUT2D eigenvalue weighted by Crippen LogP contribution is 2.30. The molecule has 8 nitrogen and oxygen atoms in total. The molecule has 26 heavy (non-hydrogen) atoms. The molecule has 1 saturated heterocycles. The van der Waals surface area contributed by atoms with Crippen LogP contribution >= 0.6 is 0 Å². The van der Waals surface area contributed by atoms with E-state index in [1.54, 1.807) is 35.0 Å². The predicted molar refractivity (Wildman–Crippen MR) is 92.1 cm³/mol. The number of aromatic nitrogens is 2. The Morgan fingerprint density at radius 1 is 1.27 bits per heavy atom. The summed E-state index contributed by atoms with van der Waals surface area (Å²) in [5.41, 5.74) is 0.785. The molecule has 1 unspecified atom stereocenters. The van der Waals surface area contributed by atoms with Crippen LogP contribution in [0.4, 0.5) is 0 Å². The lowest BCUT2D eigenvalue weighted by molar-refractivity contribution is 0.0942. The van der Waals surface area contributed by atoms with Crippen molar-refractivity contribution < 1.29 is 22.0 Å². The first kappa shape index (κ1) is 16.6. The van der Waals surface area contributed by atoms with E-state index in [1.807, 2.05) is 0 Å². The molecule has 4 heterocycles. The van der Waals surface area contributed by atoms with Crippen molar-refractivity contribution >= 4 is 15.7 Å². The van der Waals surface area contributed by atoms with E-state index in [-0.39, 0.29) is 35.7 Å². The van der Waals surface area contributed by atoms with Crippen molar-refractivity contribution in [1.82, 2.24) is 15.1 Å². The number of hydrogen-bond donors (Lipinski definition) is 1. The molecule has 136 valence electrons. The first-order valence-corrected chi connectivity index (χ1v) is 9.98. The van der Waals surface area contributed by atoms with Gasteiger partial charge in [-0.25, -0.2) is 8.42 Å². The average Bonchev–Trinajstić information content (AvgIpc) is 3.37. The summed E-state index contributed by atoms with van der Waals surface area (Å²) in [6.07, 6.45) is 3.52. The summed E-state index contributed by atoms with van der Waals surface area (Å²) in [4.78, 5) is 12.4. The zero-order valence-electron chi connectivity index (χ0n) is 13.8. The monoisotopic (exact) mass is 375 g/mol. The topological polar surface area (TPSA) is 107 Å². The summed E-state index contributed by atoms with van der Waals surface area (Å²) in [6.45, 7) is 0.243. The minimum absolute atomic E-state index is 0.00976. The number of rotatable bonds is 5. The Labute approximate surface area is 149 Å². The summed E-state index contributed by atoms with van der Waals surface area (Å²) in [7, 11) is -3.08. The fourth-order valence-corrected chi connectivity index (χ4v) is 4.72. The SMILES string of the molecule is O=C(NCc1ccco1)c1cc(-c2ccco2)n(C2CCS(=O)(=O)C2)n1. The maximum Gasteiger partial charge on any atom is 0.272 e. The van der Waals surface area contributed by atoms with Gasteiger partial charge in [-0.2, -0.15) is 5.10 Å². The highest BCUT2D eigenvalue weighted by Gasteiger charge is 2.32. The second-order valence-electron chi connectivity index (χ2n) is 6.16. The van der Waals surface area contributed by atoms with Gasteiger partial charge in [0.1, 0.15) is 11.5 Å². The van der Waals surface area contributed by atoms with Crippen molar-refractivity contribution in [3.63, 3.8) is 0 Å². The average molecular weight is 375 g/mol. The fourth-order valence-electron chi connectivity index (χ4n) is 3.03. The molecule has 1 aliphatic rings. The van der Waals surface area contributed by atoms with Crippen molar-refractivity contribution in [1.29, 1.82) is 0 Å². The third-order valence-electron chi connectivity index (χ3n) is 4.30. The normalized spacial score (nSPS) is 18.8. The Morgan fingerprint density at radius 3 is 2.73 bits per heavy atom. The van der Waals surface area contributed by atoms with Gasteiger partial charge < -0.3 is 14.2 Å². The number of hydrogen-bond acceptors (Lipinski definition) is 6. The molecule has 3 aromatic heterocycles. The van der Waals surface area contributed by atoms with E-state index in [0.29, 0.717) is 23.6 Å². The van der Waals surface area contributed by atoms with Gasteiger partial charge in [-0.1, -0.05) is 0 Å². The van der Waals surface area contributed by atoms with Gasteiger partial charge >= 0.3 is 0 Å². The lowest BCUT2D eigenvalue weighted by Crippen LogP contribution is -2.23. The van der Waals surface area contributed by atoms with Gasteiger partial charge in [0, 0.05) is 6.07 Å².